The molecule has 0 saturated heterocycles. The lowest BCUT2D eigenvalue weighted by atomic mass is 10.2. The Morgan fingerprint density at radius 1 is 1.11 bits per heavy atom. The maximum atomic E-state index is 7.51. The first-order valence-corrected chi connectivity index (χ1v) is 6.79. The van der Waals surface area contributed by atoms with E-state index >= 15 is 0 Å². The Morgan fingerprint density at radius 3 is 2.47 bits per heavy atom. The molecule has 2 aromatic carbocycles. The molecule has 0 heterocycles. The Balaban J connectivity index is 2.42. The van der Waals surface area contributed by atoms with E-state index in [1.54, 1.807) is 36.4 Å². The molecule has 0 fully saturated rings. The maximum absolute atomic E-state index is 7.51. The predicted octanol–water partition coefficient (Wildman–Crippen LogP) is 4.83. The van der Waals surface area contributed by atoms with E-state index in [9.17, 15) is 0 Å². The molecule has 0 unspecified atom stereocenters. The molecular weight excluding hydrogens is 351 g/mol. The van der Waals surface area contributed by atoms with Gasteiger partial charge in [0.15, 0.2) is 0 Å². The minimum Gasteiger partial charge on any atom is -0.455 e. The van der Waals surface area contributed by atoms with Gasteiger partial charge in [0.05, 0.1) is 10.6 Å². The summed E-state index contributed by atoms with van der Waals surface area (Å²) in [5, 5.41) is 8.46. The molecule has 0 radical (unpaired) electrons. The molecule has 0 saturated carbocycles. The minimum absolute atomic E-state index is 0.0973. The normalized spacial score (nSPS) is 10.3. The lowest BCUT2D eigenvalue weighted by Crippen LogP contribution is -2.12. The van der Waals surface area contributed by atoms with Crippen molar-refractivity contribution in [3.8, 4) is 11.5 Å². The molecule has 2 aromatic rings. The van der Waals surface area contributed by atoms with E-state index in [0.717, 1.165) is 4.47 Å². The average Bonchev–Trinajstić information content (AvgIpc) is 2.32. The summed E-state index contributed by atoms with van der Waals surface area (Å²) in [5.41, 5.74) is 5.96. The van der Waals surface area contributed by atoms with Crippen LogP contribution in [0.15, 0.2) is 40.9 Å². The first-order valence-electron chi connectivity index (χ1n) is 5.24. The van der Waals surface area contributed by atoms with Gasteiger partial charge >= 0.3 is 0 Å². The zero-order chi connectivity index (χ0) is 14.0. The van der Waals surface area contributed by atoms with Crippen LogP contribution < -0.4 is 10.5 Å². The van der Waals surface area contributed by atoms with Crippen molar-refractivity contribution in [2.24, 2.45) is 5.73 Å². The maximum Gasteiger partial charge on any atom is 0.146 e. The molecule has 3 N–H and O–H groups in total. The van der Waals surface area contributed by atoms with Gasteiger partial charge in [-0.2, -0.15) is 0 Å². The van der Waals surface area contributed by atoms with Crippen LogP contribution in [-0.4, -0.2) is 5.84 Å². The third-order valence-corrected chi connectivity index (χ3v) is 3.37. The molecule has 0 bridgehead atoms. The number of nitrogens with two attached hydrogens (primary N) is 1. The van der Waals surface area contributed by atoms with Gasteiger partial charge in [-0.15, -0.1) is 0 Å². The highest BCUT2D eigenvalue weighted by atomic mass is 79.9. The van der Waals surface area contributed by atoms with Crippen LogP contribution in [0, 0.1) is 5.41 Å². The van der Waals surface area contributed by atoms with Crippen LogP contribution in [0.25, 0.3) is 0 Å². The second kappa shape index (κ2) is 5.82. The van der Waals surface area contributed by atoms with Crippen LogP contribution >= 0.6 is 39.1 Å². The molecule has 0 spiro atoms. The molecule has 98 valence electrons. The fraction of sp³-hybridized carbons (Fsp3) is 0. The van der Waals surface area contributed by atoms with Gasteiger partial charge in [-0.1, -0.05) is 39.1 Å². The molecule has 0 amide bonds. The van der Waals surface area contributed by atoms with Crippen molar-refractivity contribution in [2.75, 3.05) is 0 Å². The number of hydrogen-bond acceptors (Lipinski definition) is 2. The fourth-order valence-corrected chi connectivity index (χ4v) is 2.35. The highest BCUT2D eigenvalue weighted by molar-refractivity contribution is 9.10. The molecule has 0 aliphatic heterocycles. The Labute approximate surface area is 128 Å². The van der Waals surface area contributed by atoms with Crippen molar-refractivity contribution in [3.05, 3.63) is 56.5 Å². The summed E-state index contributed by atoms with van der Waals surface area (Å²) in [6, 6.07) is 10.1. The average molecular weight is 360 g/mol. The minimum atomic E-state index is -0.0973. The number of halogens is 3. The SMILES string of the molecule is N=C(N)c1ccc(Cl)cc1Oc1ccc(Br)cc1Cl. The van der Waals surface area contributed by atoms with Crippen LogP contribution in [0.2, 0.25) is 10.0 Å². The molecule has 6 heteroatoms. The first-order chi connectivity index (χ1) is 8.97. The molecule has 0 aliphatic rings. The third kappa shape index (κ3) is 3.41. The Morgan fingerprint density at radius 2 is 1.84 bits per heavy atom. The number of rotatable bonds is 3. The Bertz CT molecular complexity index is 647. The topological polar surface area (TPSA) is 59.1 Å². The molecule has 0 aliphatic carbocycles. The Kier molecular flexibility index (Phi) is 4.34. The van der Waals surface area contributed by atoms with Crippen LogP contribution in [0.1, 0.15) is 5.56 Å². The monoisotopic (exact) mass is 358 g/mol. The molecule has 0 atom stereocenters. The zero-order valence-corrected chi connectivity index (χ0v) is 12.7. The summed E-state index contributed by atoms with van der Waals surface area (Å²) in [6.07, 6.45) is 0. The second-order valence-corrected chi connectivity index (χ2v) is 5.49. The Hall–Kier alpha value is -1.23. The summed E-state index contributed by atoms with van der Waals surface area (Å²) in [7, 11) is 0. The van der Waals surface area contributed by atoms with Crippen molar-refractivity contribution < 1.29 is 4.74 Å². The van der Waals surface area contributed by atoms with E-state index in [4.69, 9.17) is 39.1 Å². The first kappa shape index (κ1) is 14.2. The van der Waals surface area contributed by atoms with Crippen molar-refractivity contribution in [2.45, 2.75) is 0 Å². The number of benzene rings is 2. The number of ether oxygens (including phenoxy) is 1. The fourth-order valence-electron chi connectivity index (χ4n) is 1.48. The highest BCUT2D eigenvalue weighted by Gasteiger charge is 2.11. The van der Waals surface area contributed by atoms with Gasteiger partial charge in [0.1, 0.15) is 17.3 Å². The highest BCUT2D eigenvalue weighted by Crippen LogP contribution is 2.34. The largest absolute Gasteiger partial charge is 0.455 e. The number of amidine groups is 1. The predicted molar refractivity (Wildman–Crippen MR) is 81.7 cm³/mol. The lowest BCUT2D eigenvalue weighted by molar-refractivity contribution is 0.481. The number of hydrogen-bond donors (Lipinski definition) is 2. The van der Waals surface area contributed by atoms with Gasteiger partial charge < -0.3 is 10.5 Å². The van der Waals surface area contributed by atoms with Crippen LogP contribution in [0.5, 0.6) is 11.5 Å². The summed E-state index contributed by atoms with van der Waals surface area (Å²) >= 11 is 15.3. The van der Waals surface area contributed by atoms with Crippen molar-refractivity contribution in [1.29, 1.82) is 5.41 Å². The van der Waals surface area contributed by atoms with E-state index in [2.05, 4.69) is 15.9 Å². The van der Waals surface area contributed by atoms with Crippen LogP contribution in [0.4, 0.5) is 0 Å². The molecule has 2 rings (SSSR count). The van der Waals surface area contributed by atoms with Gasteiger partial charge in [0.25, 0.3) is 0 Å². The zero-order valence-electron chi connectivity index (χ0n) is 9.58. The van der Waals surface area contributed by atoms with Gasteiger partial charge in [-0.3, -0.25) is 5.41 Å². The second-order valence-electron chi connectivity index (χ2n) is 3.73. The lowest BCUT2D eigenvalue weighted by Gasteiger charge is -2.12. The number of nitrogens with one attached hydrogen (secondary N) is 1. The smallest absolute Gasteiger partial charge is 0.146 e. The van der Waals surface area contributed by atoms with Crippen LogP contribution in [-0.2, 0) is 0 Å². The summed E-state index contributed by atoms with van der Waals surface area (Å²) in [6.45, 7) is 0. The third-order valence-electron chi connectivity index (χ3n) is 2.35. The molecular formula is C13H9BrCl2N2O. The molecule has 19 heavy (non-hydrogen) atoms. The quantitative estimate of drug-likeness (QED) is 0.608. The van der Waals surface area contributed by atoms with E-state index < -0.39 is 0 Å². The van der Waals surface area contributed by atoms with Gasteiger partial charge in [0, 0.05) is 15.6 Å². The van der Waals surface area contributed by atoms with E-state index in [1.165, 1.54) is 0 Å². The summed E-state index contributed by atoms with van der Waals surface area (Å²) < 4.78 is 6.53. The van der Waals surface area contributed by atoms with Gasteiger partial charge in [0.2, 0.25) is 0 Å². The van der Waals surface area contributed by atoms with Gasteiger partial charge in [-0.05, 0) is 30.3 Å². The summed E-state index contributed by atoms with van der Waals surface area (Å²) in [4.78, 5) is 0. The van der Waals surface area contributed by atoms with Crippen molar-refractivity contribution >= 4 is 45.0 Å². The van der Waals surface area contributed by atoms with E-state index in [0.29, 0.717) is 27.1 Å². The summed E-state index contributed by atoms with van der Waals surface area (Å²) in [5.74, 6) is 0.763. The van der Waals surface area contributed by atoms with Crippen LogP contribution in [0.3, 0.4) is 0 Å². The number of nitrogen functional groups attached to an aromatic ring is 1. The van der Waals surface area contributed by atoms with E-state index in [1.807, 2.05) is 0 Å². The van der Waals surface area contributed by atoms with E-state index in [-0.39, 0.29) is 5.84 Å². The van der Waals surface area contributed by atoms with Gasteiger partial charge in [-0.25, -0.2) is 0 Å². The van der Waals surface area contributed by atoms with Crippen molar-refractivity contribution in [1.82, 2.24) is 0 Å². The molecule has 0 aromatic heterocycles. The molecule has 3 nitrogen and oxygen atoms in total. The van der Waals surface area contributed by atoms with Crippen molar-refractivity contribution in [3.63, 3.8) is 0 Å². The standard InChI is InChI=1S/C13H9BrCl2N2O/c14-7-1-4-11(10(16)5-7)19-12-6-8(15)2-3-9(12)13(17)18/h1-6H,(H3,17,18).